The fourth-order valence-electron chi connectivity index (χ4n) is 12.5. The first-order chi connectivity index (χ1) is 43.1. The molecule has 0 heterocycles. The predicted octanol–water partition coefficient (Wildman–Crippen LogP) is 19.9. The molecule has 0 aliphatic rings. The molecule has 0 amide bonds. The third-order valence-corrected chi connectivity index (χ3v) is 16.9. The van der Waals surface area contributed by atoms with Crippen LogP contribution in [-0.2, 0) is 42.6 Å². The largest absolute Gasteiger partial charge is 0.508 e. The fourth-order valence-corrected chi connectivity index (χ4v) is 12.5. The number of phenolic OH excluding ortho intramolecular Hbond substituents is 11. The molecule has 0 bridgehead atoms. The standard InChI is InChI=1S/2C16H26O2.C13H20O2.C12H16O5.2C12H18O2/c1-10-13(16(5,6)7)12(18-8)9-11(14(10)17)15(2,3)4;1-9-11(15(3,4)5)14(18)10(2)12(13(9)17)16(6,7)8;1-8-7-10(15-6)11(13(3,4)5)9(2)12(8)14;1-4-5-17-12(16)8-6(2)9(13)11(15)10(14)7(8)3;1-7-6-9(13)10(12(3,4)5)8(2)11(7)14;1-7-6-9(13)8(2)10(11(7)14)12(3,4)5/h9,17H,1-8H3;17-18H,1-8H3;7,14H,1-6H3;13-15H,4-5H2,1-3H3;2*6,13-14H,1-5H3. The van der Waals surface area contributed by atoms with Crippen molar-refractivity contribution >= 4 is 5.97 Å². The number of hydrogen-bond donors (Lipinski definition) is 11. The Balaban J connectivity index is 0.000000578. The summed E-state index contributed by atoms with van der Waals surface area (Å²) in [6.45, 7) is 65.3. The molecule has 0 saturated carbocycles. The van der Waals surface area contributed by atoms with Gasteiger partial charge in [-0.15, -0.1) is 0 Å². The first-order valence-corrected chi connectivity index (χ1v) is 32.9. The summed E-state index contributed by atoms with van der Waals surface area (Å²) >= 11 is 0. The molecule has 0 unspecified atom stereocenters. The Labute approximate surface area is 576 Å². The van der Waals surface area contributed by atoms with E-state index >= 15 is 0 Å². The molecule has 0 aromatic heterocycles. The summed E-state index contributed by atoms with van der Waals surface area (Å²) in [7, 11) is 3.36. The van der Waals surface area contributed by atoms with Gasteiger partial charge in [-0.25, -0.2) is 4.79 Å². The van der Waals surface area contributed by atoms with Crippen LogP contribution >= 0.6 is 0 Å². The zero-order chi connectivity index (χ0) is 75.9. The smallest absolute Gasteiger partial charge is 0.338 e. The fraction of sp³-hybridized carbons (Fsp3) is 0.543. The van der Waals surface area contributed by atoms with Crippen molar-refractivity contribution < 1.29 is 75.2 Å². The van der Waals surface area contributed by atoms with E-state index in [0.717, 1.165) is 95.0 Å². The van der Waals surface area contributed by atoms with Gasteiger partial charge in [-0.1, -0.05) is 152 Å². The van der Waals surface area contributed by atoms with Gasteiger partial charge in [0.25, 0.3) is 0 Å². The summed E-state index contributed by atoms with van der Waals surface area (Å²) < 4.78 is 15.9. The van der Waals surface area contributed by atoms with Gasteiger partial charge in [0.05, 0.1) is 26.4 Å². The maximum absolute atomic E-state index is 11.7. The summed E-state index contributed by atoms with van der Waals surface area (Å²) in [5, 5.41) is 109. The van der Waals surface area contributed by atoms with E-state index in [1.165, 1.54) is 13.8 Å². The average Bonchev–Trinajstić information content (AvgIpc) is 0.776. The lowest BCUT2D eigenvalue weighted by Crippen LogP contribution is -2.19. The number of aryl methyl sites for hydroxylation is 3. The number of phenols is 11. The van der Waals surface area contributed by atoms with Gasteiger partial charge in [-0.2, -0.15) is 0 Å². The van der Waals surface area contributed by atoms with E-state index in [1.54, 1.807) is 40.2 Å². The van der Waals surface area contributed by atoms with Crippen molar-refractivity contribution in [1.29, 1.82) is 0 Å². The highest BCUT2D eigenvalue weighted by Crippen LogP contribution is 2.49. The number of ether oxygens (including phenoxy) is 3. The molecule has 6 aromatic rings. The van der Waals surface area contributed by atoms with Gasteiger partial charge in [0.2, 0.25) is 5.75 Å². The number of hydrogen-bond acceptors (Lipinski definition) is 15. The quantitative estimate of drug-likeness (QED) is 0.0435. The monoisotopic (exact) mass is 1340 g/mol. The molecule has 6 aromatic carbocycles. The SMILES string of the molecule is CCCOC(=O)c1c(C)c(O)c(O)c(O)c1C.COc1cc(C(C)(C)C)c(O)c(C)c1C(C)(C)C.COc1cc(C)c(O)c(C)c1C(C)(C)C.Cc1c(O)c(C(C)(C)C)c(C)c(O)c1C(C)(C)C.Cc1cc(O)c(C(C)(C)C)c(C)c1O.Cc1cc(O)c(C)c(C(C)(C)C)c1O. The van der Waals surface area contributed by atoms with Crippen molar-refractivity contribution in [3.63, 3.8) is 0 Å². The molecule has 0 fully saturated rings. The van der Waals surface area contributed by atoms with Gasteiger partial charge in [0.15, 0.2) is 11.5 Å². The number of aromatic hydroxyl groups is 11. The van der Waals surface area contributed by atoms with Crippen molar-refractivity contribution in [1.82, 2.24) is 0 Å². The molecule has 0 aliphatic carbocycles. The molecule has 11 N–H and O–H groups in total. The number of rotatable bonds is 5. The molecule has 0 aliphatic heterocycles. The third kappa shape index (κ3) is 20.6. The highest BCUT2D eigenvalue weighted by Gasteiger charge is 2.33. The summed E-state index contributed by atoms with van der Waals surface area (Å²) in [5.74, 6) is 2.00. The molecule has 15 nitrogen and oxygen atoms in total. The Morgan fingerprint density at radius 1 is 0.312 bits per heavy atom. The van der Waals surface area contributed by atoms with Gasteiger partial charge in [0.1, 0.15) is 57.5 Å². The number of carbonyl (C=O) groups excluding carboxylic acids is 1. The van der Waals surface area contributed by atoms with Gasteiger partial charge < -0.3 is 70.4 Å². The molecule has 96 heavy (non-hydrogen) atoms. The minimum Gasteiger partial charge on any atom is -0.508 e. The van der Waals surface area contributed by atoms with E-state index in [0.29, 0.717) is 40.7 Å². The van der Waals surface area contributed by atoms with E-state index in [-0.39, 0.29) is 78.5 Å². The molecule has 0 radical (unpaired) electrons. The Bertz CT molecular complexity index is 3590. The number of esters is 1. The van der Waals surface area contributed by atoms with Crippen LogP contribution in [0.5, 0.6) is 74.7 Å². The maximum Gasteiger partial charge on any atom is 0.338 e. The van der Waals surface area contributed by atoms with Crippen molar-refractivity contribution in [3.05, 3.63) is 130 Å². The van der Waals surface area contributed by atoms with Crippen LogP contribution in [0.25, 0.3) is 0 Å². The second-order valence-corrected chi connectivity index (χ2v) is 32.6. The zero-order valence-electron chi connectivity index (χ0n) is 65.3. The Morgan fingerprint density at radius 3 is 0.938 bits per heavy atom. The zero-order valence-corrected chi connectivity index (χ0v) is 65.3. The van der Waals surface area contributed by atoms with Crippen LogP contribution in [0.1, 0.15) is 269 Å². The molecule has 0 atom stereocenters. The van der Waals surface area contributed by atoms with E-state index < -0.39 is 23.2 Å². The van der Waals surface area contributed by atoms with Crippen LogP contribution in [0.15, 0.2) is 24.3 Å². The first kappa shape index (κ1) is 86.2. The van der Waals surface area contributed by atoms with Crippen LogP contribution in [0.3, 0.4) is 0 Å². The summed E-state index contributed by atoms with van der Waals surface area (Å²) in [6.07, 6.45) is 0.680. The van der Waals surface area contributed by atoms with Crippen LogP contribution in [-0.4, -0.2) is 83.0 Å². The van der Waals surface area contributed by atoms with Crippen molar-refractivity contribution in [2.24, 2.45) is 0 Å². The average molecular weight is 1340 g/mol. The van der Waals surface area contributed by atoms with Crippen molar-refractivity contribution in [2.45, 2.75) is 273 Å². The van der Waals surface area contributed by atoms with E-state index in [9.17, 15) is 61.0 Å². The number of benzene rings is 6. The Morgan fingerprint density at radius 2 is 0.604 bits per heavy atom. The lowest BCUT2D eigenvalue weighted by molar-refractivity contribution is 0.0502. The summed E-state index contributed by atoms with van der Waals surface area (Å²) in [4.78, 5) is 11.7. The lowest BCUT2D eigenvalue weighted by atomic mass is 9.76. The Hall–Kier alpha value is -7.81. The van der Waals surface area contributed by atoms with Crippen molar-refractivity contribution in [3.8, 4) is 74.7 Å². The van der Waals surface area contributed by atoms with E-state index in [2.05, 4.69) is 62.3 Å². The lowest BCUT2D eigenvalue weighted by Gasteiger charge is -2.30. The van der Waals surface area contributed by atoms with Gasteiger partial charge >= 0.3 is 5.97 Å². The molecule has 0 spiro atoms. The van der Waals surface area contributed by atoms with Crippen LogP contribution in [0, 0.1) is 76.2 Å². The molecule has 0 saturated heterocycles. The van der Waals surface area contributed by atoms with Gasteiger partial charge in [0, 0.05) is 50.1 Å². The highest BCUT2D eigenvalue weighted by molar-refractivity contribution is 5.95. The third-order valence-electron chi connectivity index (χ3n) is 16.9. The van der Waals surface area contributed by atoms with Gasteiger partial charge in [-0.3, -0.25) is 0 Å². The molecular formula is C81H124O15. The minimum atomic E-state index is -0.618. The second kappa shape index (κ2) is 32.0. The highest BCUT2D eigenvalue weighted by atomic mass is 16.5. The molecule has 6 rings (SSSR count). The minimum absolute atomic E-state index is 0.0272. The predicted molar refractivity (Wildman–Crippen MR) is 394 cm³/mol. The topological polar surface area (TPSA) is 267 Å². The van der Waals surface area contributed by atoms with E-state index in [4.69, 9.17) is 14.2 Å². The maximum atomic E-state index is 11.7. The normalized spacial score (nSPS) is 11.9. The van der Waals surface area contributed by atoms with Crippen LogP contribution < -0.4 is 9.47 Å². The first-order valence-electron chi connectivity index (χ1n) is 32.9. The molecular weight excluding hydrogens is 1210 g/mol. The van der Waals surface area contributed by atoms with E-state index in [1.807, 2.05) is 151 Å². The Kier molecular flexibility index (Phi) is 28.8. The van der Waals surface area contributed by atoms with Crippen LogP contribution in [0.4, 0.5) is 0 Å². The summed E-state index contributed by atoms with van der Waals surface area (Å²) in [5.41, 5.74) is 13.3. The number of carbonyl (C=O) groups is 1. The summed E-state index contributed by atoms with van der Waals surface area (Å²) in [6, 6.07) is 7.08. The molecule has 15 heteroatoms. The van der Waals surface area contributed by atoms with Crippen LogP contribution in [0.2, 0.25) is 0 Å². The van der Waals surface area contributed by atoms with Gasteiger partial charge in [-0.05, 0) is 195 Å². The second-order valence-electron chi connectivity index (χ2n) is 32.6. The molecule has 538 valence electrons. The number of methoxy groups -OCH3 is 2. The van der Waals surface area contributed by atoms with Crippen molar-refractivity contribution in [2.75, 3.05) is 20.8 Å².